The average molecular weight is 335 g/mol. The second-order valence-electron chi connectivity index (χ2n) is 5.00. The number of esters is 1. The molecule has 1 heterocycles. The smallest absolute Gasteiger partial charge is 0.462 e. The molecule has 0 radical (unpaired) electrons. The van der Waals surface area contributed by atoms with E-state index in [-0.39, 0.29) is 17.2 Å². The standard InChI is InChI=1S/C14H16F3NO3S/c1-2-7-21-12(19)10-8-5-3-4-6-9(8)22-11(10)18-13(20)14(15,16)17/h2-7H2,1H3,(H,18,20). The number of fused-ring (bicyclic) bond motifs is 1. The summed E-state index contributed by atoms with van der Waals surface area (Å²) in [7, 11) is 0. The van der Waals surface area contributed by atoms with Crippen LogP contribution in [-0.4, -0.2) is 24.7 Å². The van der Waals surface area contributed by atoms with Gasteiger partial charge in [0.15, 0.2) is 0 Å². The zero-order chi connectivity index (χ0) is 16.3. The largest absolute Gasteiger partial charge is 0.471 e. The monoisotopic (exact) mass is 335 g/mol. The molecule has 1 aromatic heterocycles. The first-order chi connectivity index (χ1) is 10.3. The van der Waals surface area contributed by atoms with Gasteiger partial charge in [-0.2, -0.15) is 13.2 Å². The number of carbonyl (C=O) groups is 2. The molecule has 0 atom stereocenters. The van der Waals surface area contributed by atoms with Gasteiger partial charge in [0.1, 0.15) is 5.00 Å². The Morgan fingerprint density at radius 2 is 1.95 bits per heavy atom. The second kappa shape index (κ2) is 6.68. The van der Waals surface area contributed by atoms with Gasteiger partial charge in [-0.05, 0) is 37.7 Å². The molecule has 0 saturated carbocycles. The van der Waals surface area contributed by atoms with Crippen molar-refractivity contribution in [2.45, 2.75) is 45.2 Å². The highest BCUT2D eigenvalue weighted by molar-refractivity contribution is 7.17. The summed E-state index contributed by atoms with van der Waals surface area (Å²) in [6.07, 6.45) is -1.27. The lowest BCUT2D eigenvalue weighted by atomic mass is 9.95. The van der Waals surface area contributed by atoms with Crippen LogP contribution in [0, 0.1) is 0 Å². The summed E-state index contributed by atoms with van der Waals surface area (Å²) in [5.41, 5.74) is 0.806. The molecule has 1 N–H and O–H groups in total. The third-order valence-corrected chi connectivity index (χ3v) is 4.50. The molecule has 4 nitrogen and oxygen atoms in total. The highest BCUT2D eigenvalue weighted by Crippen LogP contribution is 2.39. The maximum atomic E-state index is 12.4. The Morgan fingerprint density at radius 1 is 1.27 bits per heavy atom. The van der Waals surface area contributed by atoms with E-state index in [1.165, 1.54) is 0 Å². The number of amides is 1. The SMILES string of the molecule is CCCOC(=O)c1c(NC(=O)C(F)(F)F)sc2c1CCCC2. The van der Waals surface area contributed by atoms with Crippen molar-refractivity contribution < 1.29 is 27.5 Å². The van der Waals surface area contributed by atoms with Crippen LogP contribution in [0.1, 0.15) is 47.0 Å². The molecule has 0 aromatic carbocycles. The number of anilines is 1. The van der Waals surface area contributed by atoms with E-state index in [0.29, 0.717) is 19.3 Å². The van der Waals surface area contributed by atoms with Crippen molar-refractivity contribution >= 4 is 28.2 Å². The summed E-state index contributed by atoms with van der Waals surface area (Å²) < 4.78 is 42.3. The number of carbonyl (C=O) groups excluding carboxylic acids is 2. The Labute approximate surface area is 129 Å². The molecule has 0 spiro atoms. The number of nitrogens with one attached hydrogen (secondary N) is 1. The Bertz CT molecular complexity index is 581. The van der Waals surface area contributed by atoms with Gasteiger partial charge in [0.2, 0.25) is 0 Å². The number of thiophene rings is 1. The molecule has 0 aliphatic heterocycles. The highest BCUT2D eigenvalue weighted by atomic mass is 32.1. The van der Waals surface area contributed by atoms with Crippen molar-refractivity contribution in [3.63, 3.8) is 0 Å². The second-order valence-corrected chi connectivity index (χ2v) is 6.11. The van der Waals surface area contributed by atoms with Crippen molar-refractivity contribution in [1.82, 2.24) is 0 Å². The number of ether oxygens (including phenoxy) is 1. The van der Waals surface area contributed by atoms with E-state index < -0.39 is 18.1 Å². The summed E-state index contributed by atoms with van der Waals surface area (Å²) in [4.78, 5) is 24.1. The van der Waals surface area contributed by atoms with Gasteiger partial charge >= 0.3 is 18.1 Å². The summed E-state index contributed by atoms with van der Waals surface area (Å²) >= 11 is 1.04. The fourth-order valence-corrected chi connectivity index (χ4v) is 3.58. The topological polar surface area (TPSA) is 55.4 Å². The molecule has 2 rings (SSSR count). The summed E-state index contributed by atoms with van der Waals surface area (Å²) in [6.45, 7) is 2.01. The maximum absolute atomic E-state index is 12.4. The molecule has 0 saturated heterocycles. The summed E-state index contributed by atoms with van der Waals surface area (Å²) in [5.74, 6) is -2.74. The van der Waals surface area contributed by atoms with Crippen LogP contribution in [0.15, 0.2) is 0 Å². The van der Waals surface area contributed by atoms with Gasteiger partial charge in [0.25, 0.3) is 0 Å². The van der Waals surface area contributed by atoms with E-state index in [9.17, 15) is 22.8 Å². The molecule has 1 aliphatic carbocycles. The van der Waals surface area contributed by atoms with Crippen LogP contribution in [0.4, 0.5) is 18.2 Å². The number of hydrogen-bond acceptors (Lipinski definition) is 4. The fourth-order valence-electron chi connectivity index (χ4n) is 2.31. The molecule has 0 unspecified atom stereocenters. The number of hydrogen-bond donors (Lipinski definition) is 1. The van der Waals surface area contributed by atoms with Gasteiger partial charge in [-0.3, -0.25) is 4.79 Å². The number of rotatable bonds is 4. The minimum atomic E-state index is -4.99. The fraction of sp³-hybridized carbons (Fsp3) is 0.571. The Hall–Kier alpha value is -1.57. The van der Waals surface area contributed by atoms with Crippen LogP contribution in [-0.2, 0) is 22.4 Å². The van der Waals surface area contributed by atoms with Crippen LogP contribution in [0.5, 0.6) is 0 Å². The number of halogens is 3. The lowest BCUT2D eigenvalue weighted by molar-refractivity contribution is -0.167. The van der Waals surface area contributed by atoms with E-state index in [0.717, 1.165) is 34.6 Å². The van der Waals surface area contributed by atoms with Crippen LogP contribution < -0.4 is 5.32 Å². The van der Waals surface area contributed by atoms with Gasteiger partial charge in [-0.1, -0.05) is 6.92 Å². The van der Waals surface area contributed by atoms with E-state index >= 15 is 0 Å². The molecule has 0 fully saturated rings. The molecule has 1 aromatic rings. The van der Waals surface area contributed by atoms with Crippen LogP contribution in [0.25, 0.3) is 0 Å². The summed E-state index contributed by atoms with van der Waals surface area (Å²) in [6, 6.07) is 0. The minimum absolute atomic E-state index is 0.0599. The zero-order valence-corrected chi connectivity index (χ0v) is 12.8. The van der Waals surface area contributed by atoms with Gasteiger partial charge in [0.05, 0.1) is 12.2 Å². The maximum Gasteiger partial charge on any atom is 0.471 e. The van der Waals surface area contributed by atoms with Crippen LogP contribution >= 0.6 is 11.3 Å². The Morgan fingerprint density at radius 3 is 2.59 bits per heavy atom. The zero-order valence-electron chi connectivity index (χ0n) is 12.0. The first-order valence-corrected chi connectivity index (χ1v) is 7.86. The Balaban J connectivity index is 2.33. The molecule has 122 valence electrons. The number of aryl methyl sites for hydroxylation is 1. The van der Waals surface area contributed by atoms with E-state index in [4.69, 9.17) is 4.74 Å². The van der Waals surface area contributed by atoms with Gasteiger partial charge in [0, 0.05) is 4.88 Å². The molecule has 1 amide bonds. The lowest BCUT2D eigenvalue weighted by Crippen LogP contribution is -2.30. The van der Waals surface area contributed by atoms with Crippen molar-refractivity contribution in [3.05, 3.63) is 16.0 Å². The first-order valence-electron chi connectivity index (χ1n) is 7.04. The predicted molar refractivity (Wildman–Crippen MR) is 76.2 cm³/mol. The first kappa shape index (κ1) is 16.8. The minimum Gasteiger partial charge on any atom is -0.462 e. The van der Waals surface area contributed by atoms with E-state index in [1.54, 1.807) is 0 Å². The highest BCUT2D eigenvalue weighted by Gasteiger charge is 2.40. The van der Waals surface area contributed by atoms with E-state index in [1.807, 2.05) is 12.2 Å². The van der Waals surface area contributed by atoms with Crippen LogP contribution in [0.2, 0.25) is 0 Å². The Kier molecular flexibility index (Phi) is 5.10. The van der Waals surface area contributed by atoms with Crippen molar-refractivity contribution in [2.75, 3.05) is 11.9 Å². The third-order valence-electron chi connectivity index (χ3n) is 3.30. The van der Waals surface area contributed by atoms with Gasteiger partial charge in [-0.25, -0.2) is 4.79 Å². The van der Waals surface area contributed by atoms with Crippen LogP contribution in [0.3, 0.4) is 0 Å². The van der Waals surface area contributed by atoms with E-state index in [2.05, 4.69) is 0 Å². The summed E-state index contributed by atoms with van der Waals surface area (Å²) in [5, 5.41) is 1.76. The molecule has 1 aliphatic rings. The van der Waals surface area contributed by atoms with Crippen molar-refractivity contribution in [3.8, 4) is 0 Å². The average Bonchev–Trinajstić information content (AvgIpc) is 2.81. The quantitative estimate of drug-likeness (QED) is 0.854. The molecular weight excluding hydrogens is 319 g/mol. The van der Waals surface area contributed by atoms with Gasteiger partial charge < -0.3 is 10.1 Å². The molecule has 0 bridgehead atoms. The van der Waals surface area contributed by atoms with Crippen molar-refractivity contribution in [1.29, 1.82) is 0 Å². The molecule has 8 heteroatoms. The molecular formula is C14H16F3NO3S. The lowest BCUT2D eigenvalue weighted by Gasteiger charge is -2.12. The van der Waals surface area contributed by atoms with Crippen molar-refractivity contribution in [2.24, 2.45) is 0 Å². The van der Waals surface area contributed by atoms with Gasteiger partial charge in [-0.15, -0.1) is 11.3 Å². The normalized spacial score (nSPS) is 14.4. The number of alkyl halides is 3. The predicted octanol–water partition coefficient (Wildman–Crippen LogP) is 3.69. The third kappa shape index (κ3) is 3.60. The molecule has 22 heavy (non-hydrogen) atoms.